The summed E-state index contributed by atoms with van der Waals surface area (Å²) in [5, 5.41) is 5.74. The highest BCUT2D eigenvalue weighted by molar-refractivity contribution is 5.94. The zero-order valence-electron chi connectivity index (χ0n) is 29.8. The Balaban J connectivity index is 2.66. The van der Waals surface area contributed by atoms with E-state index in [-0.39, 0.29) is 12.3 Å². The van der Waals surface area contributed by atoms with E-state index >= 15 is 0 Å². The van der Waals surface area contributed by atoms with Crippen LogP contribution in [0, 0.1) is 19.8 Å². The predicted octanol–water partition coefficient (Wildman–Crippen LogP) is 6.59. The summed E-state index contributed by atoms with van der Waals surface area (Å²) in [5.41, 5.74) is 1.74. The number of hydrogen-bond acceptors (Lipinski definition) is 6. The van der Waals surface area contributed by atoms with Gasteiger partial charge in [0.05, 0.1) is 0 Å². The monoisotopic (exact) mass is 637 g/mol. The van der Waals surface area contributed by atoms with E-state index in [1.165, 1.54) is 4.90 Å². The van der Waals surface area contributed by atoms with Crippen molar-refractivity contribution in [3.63, 3.8) is 0 Å². The molecule has 0 saturated carbocycles. The molecule has 0 aromatic heterocycles. The maximum atomic E-state index is 14.6. The largest absolute Gasteiger partial charge is 0.458 e. The lowest BCUT2D eigenvalue weighted by Gasteiger charge is -2.39. The van der Waals surface area contributed by atoms with E-state index in [1.54, 1.807) is 41.5 Å². The van der Waals surface area contributed by atoms with Crippen molar-refractivity contribution in [3.8, 4) is 0 Å². The van der Waals surface area contributed by atoms with Gasteiger partial charge in [0.2, 0.25) is 11.8 Å². The number of benzene rings is 2. The molecule has 3 amide bonds. The molecule has 0 aliphatic rings. The first kappa shape index (κ1) is 38.3. The van der Waals surface area contributed by atoms with Crippen LogP contribution in [0.25, 0.3) is 0 Å². The van der Waals surface area contributed by atoms with Gasteiger partial charge in [-0.15, -0.1) is 0 Å². The molecule has 2 aromatic rings. The number of rotatable bonds is 12. The lowest BCUT2D eigenvalue weighted by molar-refractivity contribution is -0.159. The van der Waals surface area contributed by atoms with Gasteiger partial charge in [-0.1, -0.05) is 74.4 Å². The number of hydrogen-bond donors (Lipinski definition) is 2. The van der Waals surface area contributed by atoms with Crippen LogP contribution in [0.4, 0.5) is 4.79 Å². The summed E-state index contributed by atoms with van der Waals surface area (Å²) in [6.45, 7) is 21.9. The first-order valence-electron chi connectivity index (χ1n) is 16.2. The second-order valence-corrected chi connectivity index (χ2v) is 14.4. The molecule has 0 aliphatic carbocycles. The van der Waals surface area contributed by atoms with Gasteiger partial charge in [0, 0.05) is 12.5 Å². The summed E-state index contributed by atoms with van der Waals surface area (Å²) in [5.74, 6) is -1.79. The maximum absolute atomic E-state index is 14.6. The van der Waals surface area contributed by atoms with E-state index in [9.17, 15) is 19.2 Å². The van der Waals surface area contributed by atoms with Crippen molar-refractivity contribution >= 4 is 23.9 Å². The fraction of sp³-hybridized carbons (Fsp3) is 0.568. The highest BCUT2D eigenvalue weighted by atomic mass is 16.6. The second kappa shape index (κ2) is 16.1. The van der Waals surface area contributed by atoms with Crippen LogP contribution in [-0.2, 0) is 30.3 Å². The molecule has 4 unspecified atom stereocenters. The molecule has 4 atom stereocenters. The van der Waals surface area contributed by atoms with E-state index < -0.39 is 59.2 Å². The van der Waals surface area contributed by atoms with Gasteiger partial charge in [-0.3, -0.25) is 9.59 Å². The number of nitrogens with one attached hydrogen (secondary N) is 2. The molecule has 46 heavy (non-hydrogen) atoms. The van der Waals surface area contributed by atoms with Crippen molar-refractivity contribution in [2.75, 3.05) is 0 Å². The van der Waals surface area contributed by atoms with E-state index in [2.05, 4.69) is 10.6 Å². The third kappa shape index (κ3) is 11.5. The summed E-state index contributed by atoms with van der Waals surface area (Å²) in [6, 6.07) is 11.5. The molecule has 0 bridgehead atoms. The van der Waals surface area contributed by atoms with Gasteiger partial charge < -0.3 is 25.0 Å². The Morgan fingerprint density at radius 3 is 1.91 bits per heavy atom. The Bertz CT molecular complexity index is 1340. The van der Waals surface area contributed by atoms with Crippen molar-refractivity contribution in [2.45, 2.75) is 131 Å². The average molecular weight is 638 g/mol. The highest BCUT2D eigenvalue weighted by Crippen LogP contribution is 2.30. The number of ether oxygens (including phenoxy) is 2. The quantitative estimate of drug-likeness (QED) is 0.254. The van der Waals surface area contributed by atoms with Crippen LogP contribution in [-0.4, -0.2) is 58.1 Å². The fourth-order valence-corrected chi connectivity index (χ4v) is 5.17. The molecule has 2 N–H and O–H groups in total. The molecule has 0 spiro atoms. The van der Waals surface area contributed by atoms with Crippen molar-refractivity contribution in [1.82, 2.24) is 15.5 Å². The molecule has 0 saturated heterocycles. The summed E-state index contributed by atoms with van der Waals surface area (Å²) >= 11 is 0. The van der Waals surface area contributed by atoms with Crippen LogP contribution in [0.3, 0.4) is 0 Å². The molecule has 2 rings (SSSR count). The summed E-state index contributed by atoms with van der Waals surface area (Å²) in [7, 11) is 0. The maximum Gasteiger partial charge on any atom is 0.408 e. The first-order valence-corrected chi connectivity index (χ1v) is 16.2. The van der Waals surface area contributed by atoms with Crippen LogP contribution >= 0.6 is 0 Å². The molecular formula is C37H55N3O6. The van der Waals surface area contributed by atoms with E-state index in [0.717, 1.165) is 16.7 Å². The Morgan fingerprint density at radius 1 is 0.826 bits per heavy atom. The number of carbonyl (C=O) groups is 4. The lowest BCUT2D eigenvalue weighted by atomic mass is 9.92. The van der Waals surface area contributed by atoms with Gasteiger partial charge in [-0.2, -0.15) is 0 Å². The predicted molar refractivity (Wildman–Crippen MR) is 181 cm³/mol. The number of aryl methyl sites for hydroxylation is 2. The van der Waals surface area contributed by atoms with Crippen molar-refractivity contribution in [1.29, 1.82) is 0 Å². The molecule has 0 radical (unpaired) electrons. The topological polar surface area (TPSA) is 114 Å². The molecule has 0 heterocycles. The highest BCUT2D eigenvalue weighted by Gasteiger charge is 2.41. The molecule has 254 valence electrons. The van der Waals surface area contributed by atoms with Gasteiger partial charge in [0.15, 0.2) is 0 Å². The lowest BCUT2D eigenvalue weighted by Crippen LogP contribution is -2.58. The van der Waals surface area contributed by atoms with Crippen molar-refractivity contribution in [3.05, 3.63) is 70.8 Å². The Hall–Kier alpha value is -3.88. The molecule has 0 aliphatic heterocycles. The molecule has 2 aromatic carbocycles. The number of nitrogens with zero attached hydrogens (tertiary/aromatic N) is 1. The standard InChI is InChI=1S/C37H55N3O6/c1-13-25(5)30(39-35(44)46-37(10,11)12)33(42)40(23(2)3)31(28-20-19-24(4)21-26(28)6)32(41)38-29(34(43)45-36(7,8)9)22-27-17-15-14-16-18-27/h14-21,23,25,29-31H,13,22H2,1-12H3,(H,38,41)(H,39,44). The van der Waals surface area contributed by atoms with Crippen LogP contribution in [0.15, 0.2) is 48.5 Å². The Kier molecular flexibility index (Phi) is 13.4. The Morgan fingerprint density at radius 2 is 1.41 bits per heavy atom. The van der Waals surface area contributed by atoms with Crippen LogP contribution in [0.2, 0.25) is 0 Å². The van der Waals surface area contributed by atoms with E-state index in [4.69, 9.17) is 9.47 Å². The number of amides is 3. The number of carbonyl (C=O) groups excluding carboxylic acids is 4. The second-order valence-electron chi connectivity index (χ2n) is 14.4. The molecule has 0 fully saturated rings. The van der Waals surface area contributed by atoms with Gasteiger partial charge in [-0.05, 0) is 91.8 Å². The molecular weight excluding hydrogens is 582 g/mol. The fourth-order valence-electron chi connectivity index (χ4n) is 5.17. The third-order valence-corrected chi connectivity index (χ3v) is 7.50. The minimum Gasteiger partial charge on any atom is -0.458 e. The van der Waals surface area contributed by atoms with Gasteiger partial charge >= 0.3 is 12.1 Å². The average Bonchev–Trinajstić information content (AvgIpc) is 2.92. The first-order chi connectivity index (χ1) is 21.2. The minimum absolute atomic E-state index is 0.201. The Labute approximate surface area is 275 Å². The summed E-state index contributed by atoms with van der Waals surface area (Å²) in [4.78, 5) is 57.0. The molecule has 9 nitrogen and oxygen atoms in total. The zero-order valence-corrected chi connectivity index (χ0v) is 29.8. The zero-order chi connectivity index (χ0) is 35.0. The minimum atomic E-state index is -1.11. The van der Waals surface area contributed by atoms with Crippen LogP contribution in [0.1, 0.15) is 104 Å². The SMILES string of the molecule is CCC(C)C(NC(=O)OC(C)(C)C)C(=O)N(C(C)C)C(C(=O)NC(Cc1ccccc1)C(=O)OC(C)(C)C)c1ccc(C)cc1C. The van der Waals surface area contributed by atoms with Gasteiger partial charge in [-0.25, -0.2) is 9.59 Å². The van der Waals surface area contributed by atoms with E-state index in [1.807, 2.05) is 90.1 Å². The van der Waals surface area contributed by atoms with Crippen LogP contribution < -0.4 is 10.6 Å². The smallest absolute Gasteiger partial charge is 0.408 e. The summed E-state index contributed by atoms with van der Waals surface area (Å²) < 4.78 is 11.2. The third-order valence-electron chi connectivity index (χ3n) is 7.50. The normalized spacial score (nSPS) is 14.5. The van der Waals surface area contributed by atoms with Crippen LogP contribution in [0.5, 0.6) is 0 Å². The van der Waals surface area contributed by atoms with Gasteiger partial charge in [0.25, 0.3) is 0 Å². The summed E-state index contributed by atoms with van der Waals surface area (Å²) in [6.07, 6.45) is 0.0817. The number of esters is 1. The van der Waals surface area contributed by atoms with Gasteiger partial charge in [0.1, 0.15) is 29.3 Å². The van der Waals surface area contributed by atoms with Crippen molar-refractivity contribution < 1.29 is 28.7 Å². The van der Waals surface area contributed by atoms with Crippen molar-refractivity contribution in [2.24, 2.45) is 5.92 Å². The van der Waals surface area contributed by atoms with E-state index in [0.29, 0.717) is 12.0 Å². The number of alkyl carbamates (subject to hydrolysis) is 1. The molecule has 9 heteroatoms.